The maximum absolute atomic E-state index is 6.36. The number of aliphatic imine (C=N–C) groups is 1. The van der Waals surface area contributed by atoms with Gasteiger partial charge in [0, 0.05) is 12.6 Å². The predicted octanol–water partition coefficient (Wildman–Crippen LogP) is 4.93. The van der Waals surface area contributed by atoms with Crippen LogP contribution in [0.2, 0.25) is 5.02 Å². The molecule has 1 aromatic carbocycles. The highest BCUT2D eigenvalue weighted by Crippen LogP contribution is 2.27. The van der Waals surface area contributed by atoms with Crippen molar-refractivity contribution in [2.24, 2.45) is 4.99 Å². The number of allylic oxidation sites excluding steroid dienone is 3. The van der Waals surface area contributed by atoms with Crippen LogP contribution >= 0.6 is 11.6 Å². The van der Waals surface area contributed by atoms with Crippen molar-refractivity contribution < 1.29 is 0 Å². The minimum Gasteiger partial charge on any atom is -0.288 e. The van der Waals surface area contributed by atoms with Gasteiger partial charge < -0.3 is 0 Å². The molecule has 0 saturated heterocycles. The van der Waals surface area contributed by atoms with Crippen LogP contribution in [0.15, 0.2) is 35.9 Å². The summed E-state index contributed by atoms with van der Waals surface area (Å²) in [5.41, 5.74) is 5.33. The van der Waals surface area contributed by atoms with Gasteiger partial charge in [-0.3, -0.25) is 4.99 Å². The minimum atomic E-state index is 0.726. The molecule has 18 heavy (non-hydrogen) atoms. The summed E-state index contributed by atoms with van der Waals surface area (Å²) in [4.78, 5) is 4.28. The molecule has 0 aliphatic rings. The Kier molecular flexibility index (Phi) is 5.36. The molecule has 0 amide bonds. The van der Waals surface area contributed by atoms with Gasteiger partial charge in [-0.1, -0.05) is 36.8 Å². The Bertz CT molecular complexity index is 510. The molecule has 1 rings (SSSR count). The normalized spacial score (nSPS) is 12.2. The second kappa shape index (κ2) is 6.55. The lowest BCUT2D eigenvalue weighted by Crippen LogP contribution is -2.01. The molecule has 2 heteroatoms. The van der Waals surface area contributed by atoms with Gasteiger partial charge in [0.1, 0.15) is 0 Å². The van der Waals surface area contributed by atoms with Crippen LogP contribution in [0.4, 0.5) is 0 Å². The van der Waals surface area contributed by atoms with Crippen molar-refractivity contribution in [3.05, 3.63) is 52.6 Å². The van der Waals surface area contributed by atoms with Gasteiger partial charge in [-0.05, 0) is 49.6 Å². The van der Waals surface area contributed by atoms with E-state index in [0.29, 0.717) is 0 Å². The average molecular weight is 262 g/mol. The predicted molar refractivity (Wildman–Crippen MR) is 82.8 cm³/mol. The molecular weight excluding hydrogens is 242 g/mol. The van der Waals surface area contributed by atoms with Gasteiger partial charge in [0.2, 0.25) is 0 Å². The van der Waals surface area contributed by atoms with E-state index in [4.69, 9.17) is 11.6 Å². The highest BCUT2D eigenvalue weighted by molar-refractivity contribution is 6.35. The molecule has 0 aliphatic carbocycles. The van der Waals surface area contributed by atoms with Crippen LogP contribution < -0.4 is 0 Å². The van der Waals surface area contributed by atoms with E-state index in [1.54, 1.807) is 7.05 Å². The lowest BCUT2D eigenvalue weighted by molar-refractivity contribution is 1.13. The number of benzene rings is 1. The molecule has 0 spiro atoms. The average Bonchev–Trinajstić information content (AvgIpc) is 2.35. The minimum absolute atomic E-state index is 0.726. The number of nitrogens with zero attached hydrogens (tertiary/aromatic N) is 1. The van der Waals surface area contributed by atoms with Crippen molar-refractivity contribution >= 4 is 22.9 Å². The van der Waals surface area contributed by atoms with Gasteiger partial charge in [-0.2, -0.15) is 0 Å². The first-order chi connectivity index (χ1) is 8.54. The number of hydrogen-bond donors (Lipinski definition) is 0. The molecule has 1 nitrogen and oxygen atoms in total. The van der Waals surface area contributed by atoms with Crippen molar-refractivity contribution in [2.75, 3.05) is 7.05 Å². The van der Waals surface area contributed by atoms with E-state index in [-0.39, 0.29) is 0 Å². The summed E-state index contributed by atoms with van der Waals surface area (Å²) < 4.78 is 0. The van der Waals surface area contributed by atoms with E-state index in [9.17, 15) is 0 Å². The first kappa shape index (κ1) is 14.7. The van der Waals surface area contributed by atoms with Crippen LogP contribution in [-0.2, 0) is 6.42 Å². The number of halogens is 1. The van der Waals surface area contributed by atoms with E-state index >= 15 is 0 Å². The lowest BCUT2D eigenvalue weighted by atomic mass is 9.95. The fraction of sp³-hybridized carbons (Fsp3) is 0.312. The fourth-order valence-electron chi connectivity index (χ4n) is 1.95. The van der Waals surface area contributed by atoms with Gasteiger partial charge in [-0.15, -0.1) is 0 Å². The summed E-state index contributed by atoms with van der Waals surface area (Å²) in [6.07, 6.45) is 4.90. The topological polar surface area (TPSA) is 12.4 Å². The summed E-state index contributed by atoms with van der Waals surface area (Å²) in [6.45, 7) is 10.1. The molecular formula is C16H20ClN. The zero-order valence-electron chi connectivity index (χ0n) is 11.5. The Morgan fingerprint density at radius 3 is 2.50 bits per heavy atom. The Balaban J connectivity index is 3.44. The second-order valence-electron chi connectivity index (χ2n) is 4.23. The molecule has 1 aromatic rings. The Morgan fingerprint density at radius 2 is 2.06 bits per heavy atom. The van der Waals surface area contributed by atoms with E-state index in [1.807, 2.05) is 32.1 Å². The standard InChI is InChI=1S/C16H20ClN/c1-6-8-16(18-5)14-9-12(7-2)13(11(3)4)10-15(14)17/h6,8-10H,3,7H2,1-2,4-5H3/b8-6-,18-16?. The smallest absolute Gasteiger partial charge is 0.0654 e. The van der Waals surface area contributed by atoms with Gasteiger partial charge in [-0.25, -0.2) is 0 Å². The Morgan fingerprint density at radius 1 is 1.39 bits per heavy atom. The third-order valence-electron chi connectivity index (χ3n) is 2.87. The maximum atomic E-state index is 6.36. The van der Waals surface area contributed by atoms with Crippen molar-refractivity contribution in [2.45, 2.75) is 27.2 Å². The molecule has 0 heterocycles. The first-order valence-electron chi connectivity index (χ1n) is 6.13. The number of hydrogen-bond acceptors (Lipinski definition) is 1. The van der Waals surface area contributed by atoms with Gasteiger partial charge in [0.05, 0.1) is 10.7 Å². The van der Waals surface area contributed by atoms with E-state index < -0.39 is 0 Å². The molecule has 0 saturated carbocycles. The number of aryl methyl sites for hydroxylation is 1. The van der Waals surface area contributed by atoms with Gasteiger partial charge >= 0.3 is 0 Å². The number of rotatable bonds is 4. The Hall–Kier alpha value is -1.34. The van der Waals surface area contributed by atoms with E-state index in [2.05, 4.69) is 24.6 Å². The highest BCUT2D eigenvalue weighted by atomic mass is 35.5. The molecule has 0 N–H and O–H groups in total. The van der Waals surface area contributed by atoms with Crippen LogP contribution in [0.3, 0.4) is 0 Å². The largest absolute Gasteiger partial charge is 0.288 e. The van der Waals surface area contributed by atoms with Gasteiger partial charge in [0.25, 0.3) is 0 Å². The third kappa shape index (κ3) is 3.11. The summed E-state index contributed by atoms with van der Waals surface area (Å²) >= 11 is 6.36. The summed E-state index contributed by atoms with van der Waals surface area (Å²) in [7, 11) is 1.78. The van der Waals surface area contributed by atoms with Crippen molar-refractivity contribution in [1.82, 2.24) is 0 Å². The lowest BCUT2D eigenvalue weighted by Gasteiger charge is -2.12. The zero-order valence-corrected chi connectivity index (χ0v) is 12.3. The van der Waals surface area contributed by atoms with Crippen molar-refractivity contribution in [3.8, 4) is 0 Å². The van der Waals surface area contributed by atoms with Crippen LogP contribution in [0, 0.1) is 0 Å². The van der Waals surface area contributed by atoms with Gasteiger partial charge in [0.15, 0.2) is 0 Å². The monoisotopic (exact) mass is 261 g/mol. The van der Waals surface area contributed by atoms with E-state index in [1.165, 1.54) is 5.56 Å². The first-order valence-corrected chi connectivity index (χ1v) is 6.51. The van der Waals surface area contributed by atoms with Crippen LogP contribution in [0.1, 0.15) is 37.5 Å². The van der Waals surface area contributed by atoms with Crippen molar-refractivity contribution in [1.29, 1.82) is 0 Å². The second-order valence-corrected chi connectivity index (χ2v) is 4.64. The van der Waals surface area contributed by atoms with E-state index in [0.717, 1.165) is 33.9 Å². The van der Waals surface area contributed by atoms with Crippen LogP contribution in [-0.4, -0.2) is 12.8 Å². The SMILES string of the molecule is C=C(C)c1cc(Cl)c(C(/C=C\C)=NC)cc1CC. The fourth-order valence-corrected chi connectivity index (χ4v) is 2.21. The quantitative estimate of drug-likeness (QED) is 0.682. The molecule has 0 bridgehead atoms. The van der Waals surface area contributed by atoms with Crippen LogP contribution in [0.25, 0.3) is 5.57 Å². The molecule has 96 valence electrons. The highest BCUT2D eigenvalue weighted by Gasteiger charge is 2.10. The van der Waals surface area contributed by atoms with Crippen molar-refractivity contribution in [3.63, 3.8) is 0 Å². The third-order valence-corrected chi connectivity index (χ3v) is 3.19. The molecule has 0 unspecified atom stereocenters. The molecule has 0 radical (unpaired) electrons. The molecule has 0 aromatic heterocycles. The zero-order chi connectivity index (χ0) is 13.7. The molecule has 0 atom stereocenters. The Labute approximate surface area is 115 Å². The summed E-state index contributed by atoms with van der Waals surface area (Å²) in [6, 6.07) is 4.11. The maximum Gasteiger partial charge on any atom is 0.0654 e. The summed E-state index contributed by atoms with van der Waals surface area (Å²) in [5, 5.41) is 0.726. The molecule has 0 fully saturated rings. The summed E-state index contributed by atoms with van der Waals surface area (Å²) in [5.74, 6) is 0. The van der Waals surface area contributed by atoms with Crippen LogP contribution in [0.5, 0.6) is 0 Å². The molecule has 0 aliphatic heterocycles.